The van der Waals surface area contributed by atoms with Crippen LogP contribution in [0.15, 0.2) is 47.2 Å². The van der Waals surface area contributed by atoms with Crippen molar-refractivity contribution >= 4 is 5.83 Å². The number of oxazole rings is 1. The first-order chi connectivity index (χ1) is 7.31. The number of aromatic nitrogens is 1. The summed E-state index contributed by atoms with van der Waals surface area (Å²) < 4.78 is 18.2. The fraction of sp³-hybridized carbons (Fsp3) is 0. The number of hydrogen-bond acceptors (Lipinski definition) is 2. The topological polar surface area (TPSA) is 26.0 Å². The molecular weight excluding hydrogens is 193 g/mol. The molecule has 0 saturated carbocycles. The van der Waals surface area contributed by atoms with E-state index in [0.29, 0.717) is 11.5 Å². The van der Waals surface area contributed by atoms with Gasteiger partial charge in [0.1, 0.15) is 12.1 Å². The first kappa shape index (κ1) is 9.65. The molecule has 0 amide bonds. The van der Waals surface area contributed by atoms with Gasteiger partial charge in [0.15, 0.2) is 0 Å². The maximum Gasteiger partial charge on any atom is 0.225 e. The summed E-state index contributed by atoms with van der Waals surface area (Å²) >= 11 is 0. The zero-order valence-electron chi connectivity index (χ0n) is 7.98. The molecule has 0 unspecified atom stereocenters. The molecule has 2 rings (SSSR count). The minimum absolute atomic E-state index is 0.339. The standard InChI is InChI=1S/C12H9FNO/c1-2-11(13)9-3-5-10(6-4-9)12-14-7-8-15-12/h2-8H,1H2/b11-2+. The van der Waals surface area contributed by atoms with Gasteiger partial charge in [0.2, 0.25) is 5.89 Å². The molecule has 0 aliphatic heterocycles. The Morgan fingerprint density at radius 3 is 2.60 bits per heavy atom. The number of benzene rings is 1. The van der Waals surface area contributed by atoms with E-state index in [0.717, 1.165) is 5.56 Å². The number of nitrogens with zero attached hydrogens (tertiary/aromatic N) is 1. The molecule has 0 aliphatic rings. The Morgan fingerprint density at radius 1 is 1.33 bits per heavy atom. The van der Waals surface area contributed by atoms with E-state index in [9.17, 15) is 4.39 Å². The van der Waals surface area contributed by atoms with E-state index in [1.54, 1.807) is 30.5 Å². The van der Waals surface area contributed by atoms with Gasteiger partial charge >= 0.3 is 0 Å². The lowest BCUT2D eigenvalue weighted by molar-refractivity contribution is 0.574. The van der Waals surface area contributed by atoms with Crippen molar-refractivity contribution in [2.75, 3.05) is 0 Å². The van der Waals surface area contributed by atoms with Crippen LogP contribution in [0.3, 0.4) is 0 Å². The van der Waals surface area contributed by atoms with Crippen molar-refractivity contribution in [1.82, 2.24) is 4.98 Å². The van der Waals surface area contributed by atoms with Crippen LogP contribution in [0.4, 0.5) is 4.39 Å². The van der Waals surface area contributed by atoms with Gasteiger partial charge in [-0.1, -0.05) is 12.1 Å². The first-order valence-corrected chi connectivity index (χ1v) is 4.46. The van der Waals surface area contributed by atoms with Crippen molar-refractivity contribution in [2.45, 2.75) is 0 Å². The van der Waals surface area contributed by atoms with Crippen molar-refractivity contribution in [3.8, 4) is 11.5 Å². The van der Waals surface area contributed by atoms with Gasteiger partial charge in [-0.2, -0.15) is 0 Å². The molecule has 2 aromatic rings. The predicted molar refractivity (Wildman–Crippen MR) is 56.4 cm³/mol. The molecule has 0 aliphatic carbocycles. The summed E-state index contributed by atoms with van der Waals surface area (Å²) in [6, 6.07) is 6.83. The predicted octanol–water partition coefficient (Wildman–Crippen LogP) is 3.49. The zero-order chi connectivity index (χ0) is 10.7. The maximum atomic E-state index is 13.1. The number of allylic oxidation sites excluding steroid dienone is 1. The van der Waals surface area contributed by atoms with Crippen LogP contribution in [0.2, 0.25) is 0 Å². The highest BCUT2D eigenvalue weighted by Gasteiger charge is 2.03. The van der Waals surface area contributed by atoms with Crippen molar-refractivity contribution in [1.29, 1.82) is 0 Å². The molecule has 1 radical (unpaired) electrons. The molecule has 0 atom stereocenters. The Hall–Kier alpha value is -1.90. The van der Waals surface area contributed by atoms with Gasteiger partial charge in [0.25, 0.3) is 0 Å². The average molecular weight is 202 g/mol. The molecule has 15 heavy (non-hydrogen) atoms. The summed E-state index contributed by atoms with van der Waals surface area (Å²) in [6.45, 7) is 3.37. The Morgan fingerprint density at radius 2 is 2.07 bits per heavy atom. The molecule has 3 heteroatoms. The number of halogens is 1. The van der Waals surface area contributed by atoms with Gasteiger partial charge in [0.05, 0.1) is 6.20 Å². The molecule has 2 nitrogen and oxygen atoms in total. The van der Waals surface area contributed by atoms with Gasteiger partial charge in [-0.3, -0.25) is 0 Å². The Labute approximate surface area is 87.1 Å². The van der Waals surface area contributed by atoms with E-state index in [2.05, 4.69) is 11.9 Å². The lowest BCUT2D eigenvalue weighted by Crippen LogP contribution is -1.80. The second kappa shape index (κ2) is 4.09. The SMILES string of the molecule is [CH2]/C=C(/F)c1ccc(-c2ncco2)cc1. The fourth-order valence-electron chi connectivity index (χ4n) is 1.26. The molecule has 1 heterocycles. The highest BCUT2D eigenvalue weighted by molar-refractivity contribution is 5.63. The molecule has 0 fully saturated rings. The molecule has 0 bridgehead atoms. The van der Waals surface area contributed by atoms with Crippen LogP contribution in [-0.2, 0) is 0 Å². The van der Waals surface area contributed by atoms with Crippen LogP contribution in [0.1, 0.15) is 5.56 Å². The van der Waals surface area contributed by atoms with Crippen LogP contribution in [-0.4, -0.2) is 4.98 Å². The smallest absolute Gasteiger partial charge is 0.225 e. The third-order valence-corrected chi connectivity index (χ3v) is 2.02. The first-order valence-electron chi connectivity index (χ1n) is 4.46. The molecule has 75 valence electrons. The lowest BCUT2D eigenvalue weighted by atomic mass is 10.1. The summed E-state index contributed by atoms with van der Waals surface area (Å²) in [5.74, 6) is 0.189. The maximum absolute atomic E-state index is 13.1. The van der Waals surface area contributed by atoms with Crippen molar-refractivity contribution in [2.24, 2.45) is 0 Å². The normalized spacial score (nSPS) is 11.7. The second-order valence-corrected chi connectivity index (χ2v) is 2.97. The van der Waals surface area contributed by atoms with Gasteiger partial charge in [-0.15, -0.1) is 0 Å². The molecule has 0 saturated heterocycles. The highest BCUT2D eigenvalue weighted by atomic mass is 19.1. The monoisotopic (exact) mass is 202 g/mol. The summed E-state index contributed by atoms with van der Waals surface area (Å²) in [5, 5.41) is 0. The largest absolute Gasteiger partial charge is 0.445 e. The van der Waals surface area contributed by atoms with Gasteiger partial charge in [-0.05, 0) is 25.1 Å². The molecule has 1 aromatic carbocycles. The van der Waals surface area contributed by atoms with Crippen LogP contribution in [0.25, 0.3) is 17.3 Å². The average Bonchev–Trinajstić information content (AvgIpc) is 2.82. The van der Waals surface area contributed by atoms with Crippen LogP contribution < -0.4 is 0 Å². The quantitative estimate of drug-likeness (QED) is 0.745. The van der Waals surface area contributed by atoms with Gasteiger partial charge in [0, 0.05) is 11.1 Å². The minimum Gasteiger partial charge on any atom is -0.445 e. The van der Waals surface area contributed by atoms with Crippen LogP contribution >= 0.6 is 0 Å². The fourth-order valence-corrected chi connectivity index (χ4v) is 1.26. The van der Waals surface area contributed by atoms with E-state index in [-0.39, 0.29) is 5.83 Å². The van der Waals surface area contributed by atoms with Crippen molar-refractivity contribution < 1.29 is 8.81 Å². The Bertz CT molecular complexity index is 457. The lowest BCUT2D eigenvalue weighted by Gasteiger charge is -1.98. The highest BCUT2D eigenvalue weighted by Crippen LogP contribution is 2.21. The van der Waals surface area contributed by atoms with Crippen molar-refractivity contribution in [3.05, 3.63) is 55.3 Å². The second-order valence-electron chi connectivity index (χ2n) is 2.97. The molecular formula is C12H9FNO. The minimum atomic E-state index is -0.339. The van der Waals surface area contributed by atoms with Gasteiger partial charge in [-0.25, -0.2) is 9.37 Å². The van der Waals surface area contributed by atoms with Gasteiger partial charge < -0.3 is 4.42 Å². The summed E-state index contributed by atoms with van der Waals surface area (Å²) in [6.07, 6.45) is 4.25. The van der Waals surface area contributed by atoms with Crippen LogP contribution in [0.5, 0.6) is 0 Å². The number of rotatable bonds is 2. The Balaban J connectivity index is 2.33. The molecule has 0 spiro atoms. The van der Waals surface area contributed by atoms with E-state index in [4.69, 9.17) is 4.42 Å². The van der Waals surface area contributed by atoms with Crippen LogP contribution in [0, 0.1) is 6.92 Å². The summed E-state index contributed by atoms with van der Waals surface area (Å²) in [4.78, 5) is 3.99. The summed E-state index contributed by atoms with van der Waals surface area (Å²) in [7, 11) is 0. The number of hydrogen-bond donors (Lipinski definition) is 0. The van der Waals surface area contributed by atoms with E-state index < -0.39 is 0 Å². The third-order valence-electron chi connectivity index (χ3n) is 2.02. The zero-order valence-corrected chi connectivity index (χ0v) is 7.98. The summed E-state index contributed by atoms with van der Waals surface area (Å²) in [5.41, 5.74) is 1.32. The van der Waals surface area contributed by atoms with E-state index in [1.165, 1.54) is 12.3 Å². The Kier molecular flexibility index (Phi) is 2.63. The molecule has 1 aromatic heterocycles. The third kappa shape index (κ3) is 1.96. The van der Waals surface area contributed by atoms with E-state index in [1.807, 2.05) is 0 Å². The van der Waals surface area contributed by atoms with Crippen molar-refractivity contribution in [3.63, 3.8) is 0 Å². The molecule has 0 N–H and O–H groups in total. The van der Waals surface area contributed by atoms with E-state index >= 15 is 0 Å².